The van der Waals surface area contributed by atoms with Crippen LogP contribution in [0.5, 0.6) is 0 Å². The molecule has 1 aromatic heterocycles. The van der Waals surface area contributed by atoms with Crippen LogP contribution in [0.4, 0.5) is 5.69 Å². The summed E-state index contributed by atoms with van der Waals surface area (Å²) in [7, 11) is 0. The van der Waals surface area contributed by atoms with E-state index in [9.17, 15) is 4.79 Å². The van der Waals surface area contributed by atoms with Crippen LogP contribution < -0.4 is 4.90 Å². The standard InChI is InChI=1S/C24H30N4O/c1-18-4-3-11-28(18)23-9-13-26(17-23)22-7-6-21-16-27(12-8-19(21)14-22)24(29)20-5-2-10-25-15-20/h2,5-7,10,14-15,18,23H,3-4,8-9,11-13,16-17H2,1H3. The Morgan fingerprint density at radius 3 is 2.83 bits per heavy atom. The molecule has 0 saturated carbocycles. The van der Waals surface area contributed by atoms with Gasteiger partial charge >= 0.3 is 0 Å². The molecule has 2 unspecified atom stereocenters. The van der Waals surface area contributed by atoms with E-state index in [0.29, 0.717) is 18.2 Å². The van der Waals surface area contributed by atoms with Gasteiger partial charge in [0.2, 0.25) is 0 Å². The number of aromatic nitrogens is 1. The number of hydrogen-bond acceptors (Lipinski definition) is 4. The van der Waals surface area contributed by atoms with Crippen molar-refractivity contribution < 1.29 is 4.79 Å². The largest absolute Gasteiger partial charge is 0.370 e. The van der Waals surface area contributed by atoms with Crippen molar-refractivity contribution in [3.63, 3.8) is 0 Å². The van der Waals surface area contributed by atoms with Crippen molar-refractivity contribution in [2.75, 3.05) is 31.1 Å². The molecule has 3 aliphatic rings. The number of fused-ring (bicyclic) bond motifs is 1. The lowest BCUT2D eigenvalue weighted by molar-refractivity contribution is 0.0734. The predicted molar refractivity (Wildman–Crippen MR) is 115 cm³/mol. The first-order valence-corrected chi connectivity index (χ1v) is 11.0. The Labute approximate surface area is 173 Å². The second-order valence-electron chi connectivity index (χ2n) is 8.79. The zero-order valence-electron chi connectivity index (χ0n) is 17.3. The van der Waals surface area contributed by atoms with Crippen LogP contribution in [0.25, 0.3) is 0 Å². The Morgan fingerprint density at radius 1 is 1.10 bits per heavy atom. The van der Waals surface area contributed by atoms with Gasteiger partial charge < -0.3 is 9.80 Å². The minimum absolute atomic E-state index is 0.0787. The van der Waals surface area contributed by atoms with Crippen molar-refractivity contribution >= 4 is 11.6 Å². The van der Waals surface area contributed by atoms with Crippen LogP contribution in [0.3, 0.4) is 0 Å². The van der Waals surface area contributed by atoms with Crippen molar-refractivity contribution in [2.45, 2.75) is 51.2 Å². The molecule has 29 heavy (non-hydrogen) atoms. The topological polar surface area (TPSA) is 39.7 Å². The quantitative estimate of drug-likeness (QED) is 0.806. The van der Waals surface area contributed by atoms with Gasteiger partial charge in [0.25, 0.3) is 5.91 Å². The number of carbonyl (C=O) groups excluding carboxylic acids is 1. The summed E-state index contributed by atoms with van der Waals surface area (Å²) in [5, 5.41) is 0. The first kappa shape index (κ1) is 18.6. The van der Waals surface area contributed by atoms with Crippen LogP contribution in [0.2, 0.25) is 0 Å². The smallest absolute Gasteiger partial charge is 0.255 e. The van der Waals surface area contributed by atoms with Crippen molar-refractivity contribution in [1.82, 2.24) is 14.8 Å². The van der Waals surface area contributed by atoms with Gasteiger partial charge in [0.1, 0.15) is 0 Å². The summed E-state index contributed by atoms with van der Waals surface area (Å²) >= 11 is 0. The second kappa shape index (κ2) is 7.79. The van der Waals surface area contributed by atoms with E-state index in [0.717, 1.165) is 32.1 Å². The molecule has 152 valence electrons. The molecule has 0 N–H and O–H groups in total. The van der Waals surface area contributed by atoms with Gasteiger partial charge in [-0.3, -0.25) is 14.7 Å². The SMILES string of the molecule is CC1CCCN1C1CCN(c2ccc3c(c2)CCN(C(=O)c2cccnc2)C3)C1. The second-order valence-corrected chi connectivity index (χ2v) is 8.79. The van der Waals surface area contributed by atoms with Crippen LogP contribution in [0.15, 0.2) is 42.7 Å². The van der Waals surface area contributed by atoms with E-state index in [1.807, 2.05) is 17.0 Å². The van der Waals surface area contributed by atoms with Crippen LogP contribution >= 0.6 is 0 Å². The number of anilines is 1. The third-order valence-corrected chi connectivity index (χ3v) is 7.00. The Kier molecular flexibility index (Phi) is 5.00. The average molecular weight is 391 g/mol. The van der Waals surface area contributed by atoms with Crippen molar-refractivity contribution in [3.8, 4) is 0 Å². The summed E-state index contributed by atoms with van der Waals surface area (Å²) in [6, 6.07) is 12.0. The molecular weight excluding hydrogens is 360 g/mol. The first-order chi connectivity index (χ1) is 14.2. The summed E-state index contributed by atoms with van der Waals surface area (Å²) in [5.74, 6) is 0.0787. The molecular formula is C24H30N4O. The average Bonchev–Trinajstić information content (AvgIpc) is 3.42. The zero-order chi connectivity index (χ0) is 19.8. The highest BCUT2D eigenvalue weighted by Crippen LogP contribution is 2.31. The van der Waals surface area contributed by atoms with Crippen LogP contribution in [-0.2, 0) is 13.0 Å². The van der Waals surface area contributed by atoms with Gasteiger partial charge in [-0.2, -0.15) is 0 Å². The van der Waals surface area contributed by atoms with Gasteiger partial charge in [0.15, 0.2) is 0 Å². The van der Waals surface area contributed by atoms with Gasteiger partial charge in [0.05, 0.1) is 5.56 Å². The molecule has 4 heterocycles. The van der Waals surface area contributed by atoms with Crippen molar-refractivity contribution in [3.05, 3.63) is 59.4 Å². The Balaban J connectivity index is 1.26. The molecule has 2 atom stereocenters. The van der Waals surface area contributed by atoms with Gasteiger partial charge in [-0.05, 0) is 74.5 Å². The number of pyridine rings is 1. The van der Waals surface area contributed by atoms with Gasteiger partial charge in [0, 0.05) is 56.3 Å². The van der Waals surface area contributed by atoms with Crippen LogP contribution in [0, 0.1) is 0 Å². The highest BCUT2D eigenvalue weighted by molar-refractivity contribution is 5.94. The molecule has 5 rings (SSSR count). The first-order valence-electron chi connectivity index (χ1n) is 11.0. The van der Waals surface area contributed by atoms with Crippen LogP contribution in [-0.4, -0.2) is 59.0 Å². The minimum atomic E-state index is 0.0787. The summed E-state index contributed by atoms with van der Waals surface area (Å²) in [6.07, 6.45) is 8.27. The predicted octanol–water partition coefficient (Wildman–Crippen LogP) is 3.34. The number of nitrogens with zero attached hydrogens (tertiary/aromatic N) is 4. The number of benzene rings is 1. The molecule has 0 aliphatic carbocycles. The minimum Gasteiger partial charge on any atom is -0.370 e. The maximum absolute atomic E-state index is 12.7. The number of carbonyl (C=O) groups is 1. The van der Waals surface area contributed by atoms with Gasteiger partial charge in [-0.1, -0.05) is 6.07 Å². The fourth-order valence-electron chi connectivity index (χ4n) is 5.33. The monoisotopic (exact) mass is 390 g/mol. The molecule has 2 fully saturated rings. The van der Waals surface area contributed by atoms with E-state index in [1.165, 1.54) is 42.6 Å². The number of hydrogen-bond donors (Lipinski definition) is 0. The Bertz CT molecular complexity index is 884. The summed E-state index contributed by atoms with van der Waals surface area (Å²) in [5.41, 5.74) is 4.70. The maximum Gasteiger partial charge on any atom is 0.255 e. The third-order valence-electron chi connectivity index (χ3n) is 7.00. The molecule has 5 heteroatoms. The fraction of sp³-hybridized carbons (Fsp3) is 0.500. The highest BCUT2D eigenvalue weighted by Gasteiger charge is 2.33. The van der Waals surface area contributed by atoms with Gasteiger partial charge in [-0.15, -0.1) is 0 Å². The maximum atomic E-state index is 12.7. The zero-order valence-corrected chi connectivity index (χ0v) is 17.3. The Hall–Kier alpha value is -2.40. The van der Waals surface area contributed by atoms with Crippen molar-refractivity contribution in [1.29, 1.82) is 0 Å². The Morgan fingerprint density at radius 2 is 2.03 bits per heavy atom. The lowest BCUT2D eigenvalue weighted by Crippen LogP contribution is -2.39. The van der Waals surface area contributed by atoms with E-state index < -0.39 is 0 Å². The fourth-order valence-corrected chi connectivity index (χ4v) is 5.33. The number of likely N-dealkylation sites (tertiary alicyclic amines) is 1. The highest BCUT2D eigenvalue weighted by atomic mass is 16.2. The molecule has 2 saturated heterocycles. The molecule has 0 radical (unpaired) electrons. The van der Waals surface area contributed by atoms with E-state index in [-0.39, 0.29) is 5.91 Å². The van der Waals surface area contributed by atoms with Crippen molar-refractivity contribution in [2.24, 2.45) is 0 Å². The van der Waals surface area contributed by atoms with E-state index in [4.69, 9.17) is 0 Å². The lowest BCUT2D eigenvalue weighted by atomic mass is 9.98. The van der Waals surface area contributed by atoms with E-state index in [1.54, 1.807) is 12.4 Å². The normalized spacial score (nSPS) is 24.7. The van der Waals surface area contributed by atoms with E-state index in [2.05, 4.69) is 39.9 Å². The lowest BCUT2D eigenvalue weighted by Gasteiger charge is -2.31. The summed E-state index contributed by atoms with van der Waals surface area (Å²) in [4.78, 5) is 24.1. The number of rotatable bonds is 3. The molecule has 5 nitrogen and oxygen atoms in total. The summed E-state index contributed by atoms with van der Waals surface area (Å²) < 4.78 is 0. The number of amides is 1. The van der Waals surface area contributed by atoms with Gasteiger partial charge in [-0.25, -0.2) is 0 Å². The molecule has 3 aliphatic heterocycles. The molecule has 0 spiro atoms. The molecule has 2 aromatic rings. The summed E-state index contributed by atoms with van der Waals surface area (Å²) in [6.45, 7) is 7.42. The molecule has 0 bridgehead atoms. The molecule has 1 amide bonds. The molecule has 1 aromatic carbocycles. The van der Waals surface area contributed by atoms with E-state index >= 15 is 0 Å². The van der Waals surface area contributed by atoms with Crippen LogP contribution in [0.1, 0.15) is 47.7 Å². The third kappa shape index (κ3) is 3.64.